The van der Waals surface area contributed by atoms with Gasteiger partial charge in [0.25, 0.3) is 6.47 Å². The van der Waals surface area contributed by atoms with E-state index in [2.05, 4.69) is 43.2 Å². The van der Waals surface area contributed by atoms with E-state index in [-0.39, 0.29) is 24.2 Å². The number of imidazole rings is 1. The van der Waals surface area contributed by atoms with E-state index in [0.29, 0.717) is 30.2 Å². The number of aromatic nitrogens is 4. The molecule has 0 spiro atoms. The normalized spacial score (nSPS) is 18.0. The van der Waals surface area contributed by atoms with Gasteiger partial charge in [0.05, 0.1) is 11.0 Å². The molecule has 0 unspecified atom stereocenters. The van der Waals surface area contributed by atoms with Crippen LogP contribution in [-0.2, 0) is 16.0 Å². The van der Waals surface area contributed by atoms with E-state index in [4.69, 9.17) is 9.90 Å². The van der Waals surface area contributed by atoms with Crippen molar-refractivity contribution >= 4 is 23.4 Å². The predicted octanol–water partition coefficient (Wildman–Crippen LogP) is 3.94. The summed E-state index contributed by atoms with van der Waals surface area (Å²) in [4.78, 5) is 32.8. The minimum atomic E-state index is -0.297. The highest BCUT2D eigenvalue weighted by Crippen LogP contribution is 2.32. The highest BCUT2D eigenvalue weighted by molar-refractivity contribution is 5.77. The second kappa shape index (κ2) is 10.2. The summed E-state index contributed by atoms with van der Waals surface area (Å²) in [5.74, 6) is 1.49. The van der Waals surface area contributed by atoms with Crippen LogP contribution in [0.3, 0.4) is 0 Å². The number of carboxylic acid groups (broad SMARTS) is 1. The molecule has 9 heteroatoms. The van der Waals surface area contributed by atoms with E-state index in [1.165, 1.54) is 17.7 Å². The van der Waals surface area contributed by atoms with Crippen LogP contribution in [0, 0.1) is 5.82 Å². The molecule has 2 aliphatic heterocycles. The quantitative estimate of drug-likeness (QED) is 0.398. The van der Waals surface area contributed by atoms with Gasteiger partial charge in [-0.1, -0.05) is 0 Å². The highest BCUT2D eigenvalue weighted by atomic mass is 19.1. The van der Waals surface area contributed by atoms with Gasteiger partial charge in [-0.2, -0.15) is 0 Å². The summed E-state index contributed by atoms with van der Waals surface area (Å²) in [6, 6.07) is 11.3. The van der Waals surface area contributed by atoms with Crippen LogP contribution >= 0.6 is 0 Å². The van der Waals surface area contributed by atoms with Gasteiger partial charge in [0.2, 0.25) is 5.91 Å². The topological polar surface area (TPSA) is 113 Å². The van der Waals surface area contributed by atoms with Crippen LogP contribution < -0.4 is 5.32 Å². The fraction of sp³-hybridized carbons (Fsp3) is 0.333. The maximum atomic E-state index is 13.3. The largest absolute Gasteiger partial charge is 0.483 e. The number of aryl methyl sites for hydroxylation is 1. The zero-order valence-electron chi connectivity index (χ0n) is 18.1. The molecule has 1 amide bonds. The van der Waals surface area contributed by atoms with Gasteiger partial charge in [-0.15, -0.1) is 0 Å². The van der Waals surface area contributed by atoms with Gasteiger partial charge < -0.3 is 20.0 Å². The van der Waals surface area contributed by atoms with Crippen LogP contribution in [0.2, 0.25) is 0 Å². The zero-order valence-corrected chi connectivity index (χ0v) is 18.1. The van der Waals surface area contributed by atoms with Crippen molar-refractivity contribution in [2.24, 2.45) is 0 Å². The lowest BCUT2D eigenvalue weighted by atomic mass is 9.90. The van der Waals surface area contributed by atoms with Crippen LogP contribution in [0.1, 0.15) is 44.0 Å². The Bertz CT molecular complexity index is 1200. The number of carbonyl (C=O) groups excluding carboxylic acids is 1. The molecule has 1 aromatic heterocycles. The molecule has 8 nitrogen and oxygen atoms in total. The molecule has 33 heavy (non-hydrogen) atoms. The van der Waals surface area contributed by atoms with Crippen molar-refractivity contribution < 1.29 is 19.1 Å². The number of benzene rings is 1. The number of H-pyrrole nitrogens is 1. The number of hydrogen-bond acceptors (Lipinski definition) is 4. The fourth-order valence-electron chi connectivity index (χ4n) is 4.47. The van der Waals surface area contributed by atoms with Crippen molar-refractivity contribution in [2.75, 3.05) is 0 Å². The van der Waals surface area contributed by atoms with Crippen molar-refractivity contribution in [1.82, 2.24) is 24.8 Å². The number of carbonyl (C=O) groups is 2. The van der Waals surface area contributed by atoms with Crippen LogP contribution in [0.5, 0.6) is 0 Å². The van der Waals surface area contributed by atoms with Gasteiger partial charge in [0.15, 0.2) is 0 Å². The number of nitrogens with zero attached hydrogens (tertiary/aromatic N) is 3. The molecule has 1 saturated carbocycles. The minimum absolute atomic E-state index is 0.0394. The molecule has 0 bridgehead atoms. The smallest absolute Gasteiger partial charge is 0.290 e. The number of hydrogen-bond donors (Lipinski definition) is 3. The minimum Gasteiger partial charge on any atom is -0.483 e. The molecule has 0 radical (unpaired) electrons. The average molecular weight is 452 g/mol. The van der Waals surface area contributed by atoms with Crippen molar-refractivity contribution in [3.63, 3.8) is 0 Å². The van der Waals surface area contributed by atoms with Crippen LogP contribution in [0.4, 0.5) is 4.39 Å². The molecule has 3 heterocycles. The molecule has 172 valence electrons. The number of pyridine rings is 1. The molecule has 1 aromatic carbocycles. The number of halogens is 1. The van der Waals surface area contributed by atoms with Crippen molar-refractivity contribution in [2.45, 2.75) is 50.6 Å². The average Bonchev–Trinajstić information content (AvgIpc) is 3.45. The second-order valence-corrected chi connectivity index (χ2v) is 8.16. The summed E-state index contributed by atoms with van der Waals surface area (Å²) in [5, 5.41) is 10.1. The Morgan fingerprint density at radius 3 is 2.82 bits per heavy atom. The van der Waals surface area contributed by atoms with Gasteiger partial charge >= 0.3 is 0 Å². The Kier molecular flexibility index (Phi) is 6.97. The highest BCUT2D eigenvalue weighted by Gasteiger charge is 2.25. The summed E-state index contributed by atoms with van der Waals surface area (Å²) >= 11 is 0. The number of rotatable bonds is 5. The number of fused-ring (bicyclic) bond motifs is 2. The predicted molar refractivity (Wildman–Crippen MR) is 121 cm³/mol. The van der Waals surface area contributed by atoms with E-state index in [1.54, 1.807) is 6.07 Å². The zero-order chi connectivity index (χ0) is 23.2. The van der Waals surface area contributed by atoms with Crippen molar-refractivity contribution in [3.8, 4) is 11.4 Å². The monoisotopic (exact) mass is 451 g/mol. The molecule has 1 aliphatic carbocycles. The first-order chi connectivity index (χ1) is 16.1. The molecule has 3 aliphatic rings. The lowest BCUT2D eigenvalue weighted by Crippen LogP contribution is -2.38. The summed E-state index contributed by atoms with van der Waals surface area (Å²) in [6.07, 6.45) is 8.82. The Labute approximate surface area is 190 Å². The summed E-state index contributed by atoms with van der Waals surface area (Å²) in [5.41, 5.74) is 2.55. The Balaban J connectivity index is 0.000000821. The van der Waals surface area contributed by atoms with Crippen LogP contribution in [0.25, 0.3) is 22.4 Å². The van der Waals surface area contributed by atoms with Gasteiger partial charge in [-0.3, -0.25) is 9.59 Å². The third kappa shape index (κ3) is 5.36. The lowest BCUT2D eigenvalue weighted by molar-refractivity contribution is -0.123. The first-order valence-corrected chi connectivity index (χ1v) is 11.0. The maximum absolute atomic E-state index is 13.3. The number of nitrogens with one attached hydrogen (secondary N) is 2. The molecule has 0 saturated heterocycles. The summed E-state index contributed by atoms with van der Waals surface area (Å²) < 4.78 is 15.6. The number of aromatic amines is 1. The summed E-state index contributed by atoms with van der Waals surface area (Å²) in [7, 11) is 0. The molecular weight excluding hydrogens is 425 g/mol. The maximum Gasteiger partial charge on any atom is 0.290 e. The van der Waals surface area contributed by atoms with E-state index in [1.807, 2.05) is 12.3 Å². The molecule has 5 rings (SSSR count). The second-order valence-electron chi connectivity index (χ2n) is 8.16. The van der Waals surface area contributed by atoms with E-state index >= 15 is 0 Å². The molecule has 3 N–H and O–H groups in total. The first kappa shape index (κ1) is 22.4. The van der Waals surface area contributed by atoms with Crippen molar-refractivity contribution in [3.05, 3.63) is 60.4 Å². The van der Waals surface area contributed by atoms with Gasteiger partial charge in [-0.05, 0) is 62.1 Å². The molecule has 2 aromatic rings. The Hall–Kier alpha value is -3.75. The van der Waals surface area contributed by atoms with Crippen molar-refractivity contribution in [1.29, 1.82) is 0 Å². The fourth-order valence-corrected chi connectivity index (χ4v) is 4.47. The standard InChI is InChI=1S/C23H24FN5O.CH2O2/c24-16-3-8-19-20(14-16)28-21(27-19)9-10-22(30)26-17-4-6-18(7-5-17)29-13-1-2-15-11-12-25-23(15)29;2-1-3/h1-3,8,11-14,17-18H,4-7,9-10H2,(H,26,30)(H,27,28);1H,(H,2,3). The van der Waals surface area contributed by atoms with Gasteiger partial charge in [-0.25, -0.2) is 14.4 Å². The third-order valence-electron chi connectivity index (χ3n) is 6.01. The van der Waals surface area contributed by atoms with Gasteiger partial charge in [0.1, 0.15) is 17.5 Å². The van der Waals surface area contributed by atoms with Crippen LogP contribution in [0.15, 0.2) is 48.8 Å². The van der Waals surface area contributed by atoms with Crippen LogP contribution in [-0.4, -0.2) is 43.0 Å². The first-order valence-electron chi connectivity index (χ1n) is 11.0. The molecular formula is C24H26FN5O3. The van der Waals surface area contributed by atoms with Gasteiger partial charge in [0, 0.05) is 42.9 Å². The third-order valence-corrected chi connectivity index (χ3v) is 6.01. The Morgan fingerprint density at radius 1 is 1.24 bits per heavy atom. The van der Waals surface area contributed by atoms with E-state index in [0.717, 1.165) is 37.0 Å². The van der Waals surface area contributed by atoms with E-state index in [9.17, 15) is 9.18 Å². The number of amides is 1. The molecule has 0 atom stereocenters. The molecule has 1 fully saturated rings. The van der Waals surface area contributed by atoms with E-state index < -0.39 is 0 Å². The lowest BCUT2D eigenvalue weighted by Gasteiger charge is -2.31. The SMILES string of the molecule is O=C(CCc1nc2ccc(F)cc2[nH]1)NC1CCC(n2cccc3ccnc2-3)CC1.O=CO. The summed E-state index contributed by atoms with van der Waals surface area (Å²) in [6.45, 7) is -0.250. The Morgan fingerprint density at radius 2 is 2.03 bits per heavy atom.